The van der Waals surface area contributed by atoms with Gasteiger partial charge in [0.05, 0.1) is 12.0 Å². The van der Waals surface area contributed by atoms with Crippen LogP contribution in [0.4, 0.5) is 4.79 Å². The third-order valence-corrected chi connectivity index (χ3v) is 11.9. The lowest BCUT2D eigenvalue weighted by Crippen LogP contribution is -2.55. The summed E-state index contributed by atoms with van der Waals surface area (Å²) in [5.41, 5.74) is 0.926. The molecule has 3 aliphatic rings. The molecule has 246 valence electrons. The molecule has 0 aromatic heterocycles. The number of alkyl carbamates (subject to hydrolysis) is 1. The van der Waals surface area contributed by atoms with Gasteiger partial charge in [0, 0.05) is 55.9 Å². The molecule has 3 fully saturated rings. The summed E-state index contributed by atoms with van der Waals surface area (Å²) in [7, 11) is -2.31. The summed E-state index contributed by atoms with van der Waals surface area (Å²) in [4.78, 5) is 27.0. The minimum absolute atomic E-state index is 0.0734. The molecule has 2 heterocycles. The highest BCUT2D eigenvalue weighted by Crippen LogP contribution is 2.37. The number of ether oxygens (including phenoxy) is 2. The molecule has 5 atom stereocenters. The van der Waals surface area contributed by atoms with Gasteiger partial charge in [-0.25, -0.2) is 13.2 Å². The molecule has 0 bridgehead atoms. The maximum Gasteiger partial charge on any atom is 0.407 e. The third kappa shape index (κ3) is 8.37. The Balaban J connectivity index is 1.30. The predicted octanol–water partition coefficient (Wildman–Crippen LogP) is 4.30. The van der Waals surface area contributed by atoms with Crippen molar-refractivity contribution in [3.05, 3.63) is 65.2 Å². The van der Waals surface area contributed by atoms with Crippen LogP contribution in [-0.4, -0.2) is 82.8 Å². The summed E-state index contributed by atoms with van der Waals surface area (Å²) >= 11 is 6.20. The number of piperazine rings is 1. The summed E-state index contributed by atoms with van der Waals surface area (Å²) in [6.07, 6.45) is 5.11. The molecule has 2 amide bonds. The molecule has 5 rings (SSSR count). The lowest BCUT2D eigenvalue weighted by atomic mass is 9.76. The fraction of sp³-hybridized carbons (Fsp3) is 0.576. The zero-order valence-electron chi connectivity index (χ0n) is 25.8. The van der Waals surface area contributed by atoms with Gasteiger partial charge in [0.1, 0.15) is 6.04 Å². The highest BCUT2D eigenvalue weighted by molar-refractivity contribution is 7.89. The van der Waals surface area contributed by atoms with E-state index in [4.69, 9.17) is 21.1 Å². The van der Waals surface area contributed by atoms with Gasteiger partial charge < -0.3 is 25.4 Å². The van der Waals surface area contributed by atoms with Crippen LogP contribution in [-0.2, 0) is 24.3 Å². The van der Waals surface area contributed by atoms with Gasteiger partial charge >= 0.3 is 6.09 Å². The van der Waals surface area contributed by atoms with Crippen LogP contribution in [0.25, 0.3) is 0 Å². The Bertz CT molecular complexity index is 1370. The molecule has 12 heteroatoms. The summed E-state index contributed by atoms with van der Waals surface area (Å²) in [6, 6.07) is 15.0. The standard InChI is InChI=1S/C33H45ClN4O6S/c1-43-33(40)37-31(30(25-16-20-44-21-17-25)24-10-13-26(34)14-11-24)32(39)36-29-9-5-6-23(29)12-15-27-22-35-18-19-38(27)45(41,42)28-7-3-2-4-8-28/h2-4,7-8,10-11,13-14,23,25,27,29-31,35H,5-6,9,12,15-22H2,1H3,(H,36,39)(H,37,40)/t23?,27-,29?,30?,31-/m0/s1. The van der Waals surface area contributed by atoms with Gasteiger partial charge in [0.25, 0.3) is 0 Å². The first-order chi connectivity index (χ1) is 21.8. The number of halogens is 1. The zero-order valence-corrected chi connectivity index (χ0v) is 27.4. The van der Waals surface area contributed by atoms with Crippen LogP contribution < -0.4 is 16.0 Å². The number of nitrogens with zero attached hydrogens (tertiary/aromatic N) is 1. The Morgan fingerprint density at radius 2 is 1.78 bits per heavy atom. The first kappa shape index (κ1) is 33.7. The number of methoxy groups -OCH3 is 1. The first-order valence-corrected chi connectivity index (χ1v) is 17.9. The van der Waals surface area contributed by atoms with Crippen LogP contribution in [0, 0.1) is 11.8 Å². The highest BCUT2D eigenvalue weighted by atomic mass is 35.5. The molecule has 0 spiro atoms. The molecule has 1 saturated carbocycles. The van der Waals surface area contributed by atoms with E-state index in [2.05, 4.69) is 16.0 Å². The number of sulfonamides is 1. The largest absolute Gasteiger partial charge is 0.453 e. The molecular weight excluding hydrogens is 616 g/mol. The molecule has 2 aromatic carbocycles. The van der Waals surface area contributed by atoms with Crippen LogP contribution in [0.3, 0.4) is 0 Å². The quantitative estimate of drug-likeness (QED) is 0.328. The van der Waals surface area contributed by atoms with E-state index in [1.807, 2.05) is 30.3 Å². The van der Waals surface area contributed by atoms with Crippen molar-refractivity contribution in [1.82, 2.24) is 20.3 Å². The van der Waals surface area contributed by atoms with Crippen molar-refractivity contribution < 1.29 is 27.5 Å². The lowest BCUT2D eigenvalue weighted by Gasteiger charge is -2.37. The van der Waals surface area contributed by atoms with E-state index < -0.39 is 22.2 Å². The maximum atomic E-state index is 14.1. The number of carbonyl (C=O) groups excluding carboxylic acids is 2. The summed E-state index contributed by atoms with van der Waals surface area (Å²) in [5.74, 6) is -0.219. The van der Waals surface area contributed by atoms with E-state index >= 15 is 0 Å². The molecule has 0 radical (unpaired) electrons. The highest BCUT2D eigenvalue weighted by Gasteiger charge is 2.40. The van der Waals surface area contributed by atoms with Gasteiger partial charge in [-0.2, -0.15) is 4.31 Å². The van der Waals surface area contributed by atoms with Gasteiger partial charge in [0.2, 0.25) is 15.9 Å². The number of carbonyl (C=O) groups is 2. The topological polar surface area (TPSA) is 126 Å². The number of hydrogen-bond donors (Lipinski definition) is 3. The van der Waals surface area contributed by atoms with Gasteiger partial charge in [-0.1, -0.05) is 48.4 Å². The van der Waals surface area contributed by atoms with Crippen molar-refractivity contribution in [2.45, 2.75) is 73.9 Å². The van der Waals surface area contributed by atoms with Crippen LogP contribution in [0.1, 0.15) is 56.4 Å². The molecule has 3 unspecified atom stereocenters. The Morgan fingerprint density at radius 1 is 1.04 bits per heavy atom. The monoisotopic (exact) mass is 660 g/mol. The average molecular weight is 661 g/mol. The second-order valence-electron chi connectivity index (χ2n) is 12.3. The van der Waals surface area contributed by atoms with Crippen molar-refractivity contribution in [1.29, 1.82) is 0 Å². The Morgan fingerprint density at radius 3 is 2.49 bits per heavy atom. The van der Waals surface area contributed by atoms with Gasteiger partial charge in [0.15, 0.2) is 0 Å². The van der Waals surface area contributed by atoms with E-state index in [1.165, 1.54) is 7.11 Å². The van der Waals surface area contributed by atoms with Crippen LogP contribution in [0.15, 0.2) is 59.5 Å². The molecule has 1 aliphatic carbocycles. The minimum atomic E-state index is -3.61. The number of benzene rings is 2. The fourth-order valence-electron chi connectivity index (χ4n) is 7.29. The molecule has 2 aliphatic heterocycles. The molecule has 3 N–H and O–H groups in total. The SMILES string of the molecule is COC(=O)N[C@H](C(=O)NC1CCCC1CC[C@H]1CNCCN1S(=O)(=O)c1ccccc1)C(c1ccc(Cl)cc1)C1CCOCC1. The lowest BCUT2D eigenvalue weighted by molar-refractivity contribution is -0.125. The first-order valence-electron chi connectivity index (χ1n) is 16.0. The van der Waals surface area contributed by atoms with Gasteiger partial charge in [-0.3, -0.25) is 4.79 Å². The van der Waals surface area contributed by atoms with Crippen molar-refractivity contribution in [3.8, 4) is 0 Å². The molecular formula is C33H45ClN4O6S. The molecule has 2 aromatic rings. The van der Waals surface area contributed by atoms with Crippen molar-refractivity contribution in [3.63, 3.8) is 0 Å². The van der Waals surface area contributed by atoms with Crippen LogP contribution in [0.2, 0.25) is 5.02 Å². The van der Waals surface area contributed by atoms with E-state index in [1.54, 1.807) is 28.6 Å². The van der Waals surface area contributed by atoms with Crippen molar-refractivity contribution in [2.75, 3.05) is 40.0 Å². The number of rotatable bonds is 11. The number of nitrogens with one attached hydrogen (secondary N) is 3. The van der Waals surface area contributed by atoms with Gasteiger partial charge in [-0.05, 0) is 80.2 Å². The second kappa shape index (κ2) is 15.7. The Labute approximate surface area is 271 Å². The summed E-state index contributed by atoms with van der Waals surface area (Å²) in [5, 5.41) is 10.1. The smallest absolute Gasteiger partial charge is 0.407 e. The molecule has 10 nitrogen and oxygen atoms in total. The van der Waals surface area contributed by atoms with Crippen molar-refractivity contribution in [2.24, 2.45) is 11.8 Å². The average Bonchev–Trinajstić information content (AvgIpc) is 3.51. The zero-order chi connectivity index (χ0) is 31.8. The van der Waals surface area contributed by atoms with E-state index in [-0.39, 0.29) is 35.7 Å². The second-order valence-corrected chi connectivity index (χ2v) is 14.6. The summed E-state index contributed by atoms with van der Waals surface area (Å²) in [6.45, 7) is 2.82. The predicted molar refractivity (Wildman–Crippen MR) is 173 cm³/mol. The minimum Gasteiger partial charge on any atom is -0.453 e. The molecule has 2 saturated heterocycles. The Kier molecular flexibility index (Phi) is 11.8. The van der Waals surface area contributed by atoms with Crippen molar-refractivity contribution >= 4 is 33.6 Å². The maximum absolute atomic E-state index is 14.1. The van der Waals surface area contributed by atoms with E-state index in [0.717, 1.165) is 44.1 Å². The van der Waals surface area contributed by atoms with Crippen LogP contribution in [0.5, 0.6) is 0 Å². The number of amides is 2. The third-order valence-electron chi connectivity index (χ3n) is 9.63. The number of hydrogen-bond acceptors (Lipinski definition) is 7. The van der Waals surface area contributed by atoms with Gasteiger partial charge in [-0.15, -0.1) is 0 Å². The summed E-state index contributed by atoms with van der Waals surface area (Å²) < 4.78 is 39.2. The molecule has 45 heavy (non-hydrogen) atoms. The van der Waals surface area contributed by atoms with E-state index in [0.29, 0.717) is 49.2 Å². The van der Waals surface area contributed by atoms with E-state index in [9.17, 15) is 18.0 Å². The fourth-order valence-corrected chi connectivity index (χ4v) is 9.09. The van der Waals surface area contributed by atoms with Crippen LogP contribution >= 0.6 is 11.6 Å². The Hall–Kier alpha value is -2.70. The normalized spacial score (nSPS) is 24.4.